The minimum atomic E-state index is 0.0729. The van der Waals surface area contributed by atoms with Crippen molar-refractivity contribution in [2.24, 2.45) is 17.6 Å². The molecule has 4 heteroatoms. The van der Waals surface area contributed by atoms with Gasteiger partial charge in [-0.1, -0.05) is 19.3 Å². The fraction of sp³-hybridized carbons (Fsp3) is 0.923. The van der Waals surface area contributed by atoms with E-state index in [1.54, 1.807) is 0 Å². The summed E-state index contributed by atoms with van der Waals surface area (Å²) in [4.78, 5) is 16.6. The normalized spacial score (nSPS) is 24.5. The number of hydrogen-bond acceptors (Lipinski definition) is 3. The average molecular weight is 239 g/mol. The zero-order valence-corrected chi connectivity index (χ0v) is 10.9. The molecular weight excluding hydrogens is 214 g/mol. The summed E-state index contributed by atoms with van der Waals surface area (Å²) in [5.41, 5.74) is 5.78. The molecule has 0 aromatic carbocycles. The quantitative estimate of drug-likeness (QED) is 0.778. The summed E-state index contributed by atoms with van der Waals surface area (Å²) in [7, 11) is 2.11. The molecule has 17 heavy (non-hydrogen) atoms. The monoisotopic (exact) mass is 239 g/mol. The number of carbonyl (C=O) groups is 1. The third-order valence-electron chi connectivity index (χ3n) is 4.29. The van der Waals surface area contributed by atoms with E-state index in [2.05, 4.69) is 11.9 Å². The summed E-state index contributed by atoms with van der Waals surface area (Å²) < 4.78 is 0. The molecule has 0 aromatic rings. The van der Waals surface area contributed by atoms with Gasteiger partial charge in [0, 0.05) is 32.7 Å². The lowest BCUT2D eigenvalue weighted by Gasteiger charge is -2.36. The second-order valence-corrected chi connectivity index (χ2v) is 5.59. The van der Waals surface area contributed by atoms with Crippen molar-refractivity contribution in [2.45, 2.75) is 25.7 Å². The molecule has 0 spiro atoms. The SMILES string of the molecule is CN1CCN(C(=O)C(CN)CC2CCC2)CC1. The van der Waals surface area contributed by atoms with Gasteiger partial charge in [-0.3, -0.25) is 4.79 Å². The van der Waals surface area contributed by atoms with E-state index >= 15 is 0 Å². The van der Waals surface area contributed by atoms with Crippen molar-refractivity contribution in [2.75, 3.05) is 39.8 Å². The first kappa shape index (κ1) is 12.8. The minimum Gasteiger partial charge on any atom is -0.340 e. The van der Waals surface area contributed by atoms with Crippen LogP contribution in [0.15, 0.2) is 0 Å². The molecule has 1 saturated heterocycles. The Kier molecular flexibility index (Phi) is 4.40. The molecule has 1 saturated carbocycles. The Morgan fingerprint density at radius 1 is 1.29 bits per heavy atom. The van der Waals surface area contributed by atoms with E-state index in [9.17, 15) is 4.79 Å². The molecule has 2 fully saturated rings. The van der Waals surface area contributed by atoms with E-state index in [0.29, 0.717) is 12.5 Å². The van der Waals surface area contributed by atoms with E-state index in [1.807, 2.05) is 4.90 Å². The molecule has 1 aliphatic carbocycles. The maximum Gasteiger partial charge on any atom is 0.227 e. The van der Waals surface area contributed by atoms with Crippen molar-refractivity contribution >= 4 is 5.91 Å². The van der Waals surface area contributed by atoms with Crippen molar-refractivity contribution in [1.29, 1.82) is 0 Å². The van der Waals surface area contributed by atoms with Crippen molar-refractivity contribution in [3.05, 3.63) is 0 Å². The Morgan fingerprint density at radius 3 is 2.41 bits per heavy atom. The first-order valence-corrected chi connectivity index (χ1v) is 6.88. The summed E-state index contributed by atoms with van der Waals surface area (Å²) in [5.74, 6) is 1.14. The van der Waals surface area contributed by atoms with Crippen LogP contribution < -0.4 is 5.73 Å². The second-order valence-electron chi connectivity index (χ2n) is 5.59. The number of rotatable bonds is 4. The van der Waals surface area contributed by atoms with Gasteiger partial charge in [-0.15, -0.1) is 0 Å². The highest BCUT2D eigenvalue weighted by atomic mass is 16.2. The van der Waals surface area contributed by atoms with Crippen LogP contribution in [0.25, 0.3) is 0 Å². The zero-order chi connectivity index (χ0) is 12.3. The van der Waals surface area contributed by atoms with Gasteiger partial charge in [0.05, 0.1) is 5.92 Å². The summed E-state index contributed by atoms with van der Waals surface area (Å²) >= 11 is 0. The van der Waals surface area contributed by atoms with Gasteiger partial charge in [-0.2, -0.15) is 0 Å². The van der Waals surface area contributed by atoms with Crippen LogP contribution in [-0.4, -0.2) is 55.5 Å². The van der Waals surface area contributed by atoms with E-state index in [-0.39, 0.29) is 5.92 Å². The fourth-order valence-corrected chi connectivity index (χ4v) is 2.71. The van der Waals surface area contributed by atoms with Gasteiger partial charge < -0.3 is 15.5 Å². The molecular formula is C13H25N3O. The van der Waals surface area contributed by atoms with Gasteiger partial charge in [0.15, 0.2) is 0 Å². The lowest BCUT2D eigenvalue weighted by atomic mass is 9.78. The Bertz CT molecular complexity index is 257. The Hall–Kier alpha value is -0.610. The molecule has 0 radical (unpaired) electrons. The largest absolute Gasteiger partial charge is 0.340 e. The lowest BCUT2D eigenvalue weighted by molar-refractivity contribution is -0.137. The molecule has 2 rings (SSSR count). The third kappa shape index (κ3) is 3.19. The van der Waals surface area contributed by atoms with Gasteiger partial charge in [0.2, 0.25) is 5.91 Å². The number of carbonyl (C=O) groups excluding carboxylic acids is 1. The molecule has 0 bridgehead atoms. The standard InChI is InChI=1S/C13H25N3O/c1-15-5-7-16(8-6-15)13(17)12(10-14)9-11-3-2-4-11/h11-12H,2-10,14H2,1H3. The lowest BCUT2D eigenvalue weighted by Crippen LogP contribution is -2.50. The minimum absolute atomic E-state index is 0.0729. The Balaban J connectivity index is 1.82. The number of nitrogens with zero attached hydrogens (tertiary/aromatic N) is 2. The predicted octanol–water partition coefficient (Wildman–Crippen LogP) is 0.526. The summed E-state index contributed by atoms with van der Waals surface area (Å²) in [6.07, 6.45) is 4.95. The van der Waals surface area contributed by atoms with Gasteiger partial charge >= 0.3 is 0 Å². The number of amides is 1. The van der Waals surface area contributed by atoms with Crippen LogP contribution in [0.1, 0.15) is 25.7 Å². The molecule has 1 unspecified atom stereocenters. The van der Waals surface area contributed by atoms with Crippen LogP contribution in [0, 0.1) is 11.8 Å². The average Bonchev–Trinajstić information content (AvgIpc) is 2.28. The van der Waals surface area contributed by atoms with Crippen molar-refractivity contribution in [3.8, 4) is 0 Å². The fourth-order valence-electron chi connectivity index (χ4n) is 2.71. The van der Waals surface area contributed by atoms with E-state index in [1.165, 1.54) is 19.3 Å². The Morgan fingerprint density at radius 2 is 1.94 bits per heavy atom. The number of hydrogen-bond donors (Lipinski definition) is 1. The van der Waals surface area contributed by atoms with Gasteiger partial charge in [-0.25, -0.2) is 0 Å². The van der Waals surface area contributed by atoms with E-state index in [0.717, 1.165) is 38.5 Å². The van der Waals surface area contributed by atoms with Crippen LogP contribution in [0.5, 0.6) is 0 Å². The highest BCUT2D eigenvalue weighted by molar-refractivity contribution is 5.79. The highest BCUT2D eigenvalue weighted by Gasteiger charge is 2.29. The molecule has 1 atom stereocenters. The van der Waals surface area contributed by atoms with Gasteiger partial charge in [-0.05, 0) is 19.4 Å². The molecule has 4 nitrogen and oxygen atoms in total. The van der Waals surface area contributed by atoms with Crippen LogP contribution in [0.4, 0.5) is 0 Å². The number of likely N-dealkylation sites (N-methyl/N-ethyl adjacent to an activating group) is 1. The molecule has 1 amide bonds. The van der Waals surface area contributed by atoms with Crippen LogP contribution in [-0.2, 0) is 4.79 Å². The highest BCUT2D eigenvalue weighted by Crippen LogP contribution is 2.32. The van der Waals surface area contributed by atoms with Crippen LogP contribution >= 0.6 is 0 Å². The van der Waals surface area contributed by atoms with E-state index < -0.39 is 0 Å². The first-order chi connectivity index (χ1) is 8.20. The van der Waals surface area contributed by atoms with Gasteiger partial charge in [0.25, 0.3) is 0 Å². The molecule has 98 valence electrons. The molecule has 0 aromatic heterocycles. The maximum absolute atomic E-state index is 12.3. The van der Waals surface area contributed by atoms with Crippen LogP contribution in [0.2, 0.25) is 0 Å². The number of piperazine rings is 1. The predicted molar refractivity (Wildman–Crippen MR) is 68.6 cm³/mol. The number of nitrogens with two attached hydrogens (primary N) is 1. The molecule has 1 aliphatic heterocycles. The smallest absolute Gasteiger partial charge is 0.227 e. The second kappa shape index (κ2) is 5.83. The summed E-state index contributed by atoms with van der Waals surface area (Å²) in [6, 6.07) is 0. The maximum atomic E-state index is 12.3. The van der Waals surface area contributed by atoms with Crippen molar-refractivity contribution in [3.63, 3.8) is 0 Å². The Labute approximate surface area is 104 Å². The summed E-state index contributed by atoms with van der Waals surface area (Å²) in [6.45, 7) is 4.24. The van der Waals surface area contributed by atoms with Crippen molar-refractivity contribution < 1.29 is 4.79 Å². The molecule has 2 N–H and O–H groups in total. The zero-order valence-electron chi connectivity index (χ0n) is 10.9. The molecule has 2 aliphatic rings. The topological polar surface area (TPSA) is 49.6 Å². The first-order valence-electron chi connectivity index (χ1n) is 6.88. The molecule has 1 heterocycles. The summed E-state index contributed by atoms with van der Waals surface area (Å²) in [5, 5.41) is 0. The van der Waals surface area contributed by atoms with E-state index in [4.69, 9.17) is 5.73 Å². The van der Waals surface area contributed by atoms with Crippen LogP contribution in [0.3, 0.4) is 0 Å². The van der Waals surface area contributed by atoms with Gasteiger partial charge in [0.1, 0.15) is 0 Å². The van der Waals surface area contributed by atoms with Crippen molar-refractivity contribution in [1.82, 2.24) is 9.80 Å². The third-order valence-corrected chi connectivity index (χ3v) is 4.29.